The van der Waals surface area contributed by atoms with Gasteiger partial charge in [0.25, 0.3) is 0 Å². The van der Waals surface area contributed by atoms with E-state index in [9.17, 15) is 0 Å². The first-order valence-electron chi connectivity index (χ1n) is 6.06. The Balaban J connectivity index is 2.31. The molecule has 0 aliphatic rings. The first-order valence-corrected chi connectivity index (χ1v) is 7.19. The predicted octanol–water partition coefficient (Wildman–Crippen LogP) is 5.27. The fourth-order valence-electron chi connectivity index (χ4n) is 2.14. The maximum absolute atomic E-state index is 6.32. The molecule has 0 fully saturated rings. The number of halogens is 3. The molecular formula is C15H9Cl3N2O. The molecule has 1 heterocycles. The second-order valence-electron chi connectivity index (χ2n) is 4.35. The fourth-order valence-corrected chi connectivity index (χ4v) is 2.82. The van der Waals surface area contributed by atoms with Crippen molar-refractivity contribution in [3.8, 4) is 17.0 Å². The van der Waals surface area contributed by atoms with Gasteiger partial charge in [0, 0.05) is 22.4 Å². The molecule has 0 saturated heterocycles. The Labute approximate surface area is 136 Å². The average molecular weight is 340 g/mol. The largest absolute Gasteiger partial charge is 0.495 e. The molecule has 1 aromatic heterocycles. The molecule has 0 aliphatic heterocycles. The van der Waals surface area contributed by atoms with Crippen LogP contribution in [0.25, 0.3) is 22.0 Å². The molecule has 0 radical (unpaired) electrons. The van der Waals surface area contributed by atoms with Gasteiger partial charge in [0.05, 0.1) is 17.2 Å². The zero-order valence-electron chi connectivity index (χ0n) is 10.9. The molecule has 2 aromatic carbocycles. The van der Waals surface area contributed by atoms with Gasteiger partial charge in [0.15, 0.2) is 5.15 Å². The van der Waals surface area contributed by atoms with E-state index in [4.69, 9.17) is 39.5 Å². The second-order valence-corrected chi connectivity index (χ2v) is 5.52. The van der Waals surface area contributed by atoms with E-state index in [1.807, 2.05) is 24.3 Å². The van der Waals surface area contributed by atoms with E-state index >= 15 is 0 Å². The summed E-state index contributed by atoms with van der Waals surface area (Å²) in [6.45, 7) is 0. The van der Waals surface area contributed by atoms with E-state index in [1.54, 1.807) is 12.1 Å². The summed E-state index contributed by atoms with van der Waals surface area (Å²) in [5.74, 6) is 0.511. The topological polar surface area (TPSA) is 35.0 Å². The molecule has 0 saturated carbocycles. The van der Waals surface area contributed by atoms with Crippen molar-refractivity contribution >= 4 is 45.6 Å². The predicted molar refractivity (Wildman–Crippen MR) is 86.6 cm³/mol. The van der Waals surface area contributed by atoms with Crippen LogP contribution in [-0.2, 0) is 0 Å². The number of benzene rings is 2. The Bertz CT molecular complexity index is 837. The minimum absolute atomic E-state index is 0.352. The summed E-state index contributed by atoms with van der Waals surface area (Å²) >= 11 is 18.6. The zero-order valence-corrected chi connectivity index (χ0v) is 13.2. The first-order chi connectivity index (χ1) is 10.1. The van der Waals surface area contributed by atoms with Crippen LogP contribution in [0.5, 0.6) is 5.75 Å². The molecule has 0 aliphatic carbocycles. The average Bonchev–Trinajstić information content (AvgIpc) is 2.50. The van der Waals surface area contributed by atoms with Gasteiger partial charge in [-0.15, -0.1) is 10.2 Å². The van der Waals surface area contributed by atoms with Gasteiger partial charge in [0.2, 0.25) is 0 Å². The molecule has 3 aromatic rings. The van der Waals surface area contributed by atoms with Crippen LogP contribution in [0.2, 0.25) is 15.2 Å². The highest BCUT2D eigenvalue weighted by Crippen LogP contribution is 2.38. The lowest BCUT2D eigenvalue weighted by molar-refractivity contribution is 0.415. The summed E-state index contributed by atoms with van der Waals surface area (Å²) in [5.41, 5.74) is 1.31. The van der Waals surface area contributed by atoms with E-state index < -0.39 is 0 Å². The molecular weight excluding hydrogens is 331 g/mol. The van der Waals surface area contributed by atoms with Crippen LogP contribution in [0.4, 0.5) is 0 Å². The Morgan fingerprint density at radius 3 is 2.33 bits per heavy atom. The SMILES string of the molecule is COc1cc(Cl)c(-c2nnc(Cl)c3ccccc23)cc1Cl. The summed E-state index contributed by atoms with van der Waals surface area (Å²) in [4.78, 5) is 0. The molecule has 0 N–H and O–H groups in total. The maximum atomic E-state index is 6.32. The van der Waals surface area contributed by atoms with Crippen LogP contribution in [0.15, 0.2) is 36.4 Å². The molecule has 0 bridgehead atoms. The minimum atomic E-state index is 0.352. The Kier molecular flexibility index (Phi) is 3.89. The van der Waals surface area contributed by atoms with Crippen LogP contribution < -0.4 is 4.74 Å². The van der Waals surface area contributed by atoms with Gasteiger partial charge >= 0.3 is 0 Å². The van der Waals surface area contributed by atoms with Crippen molar-refractivity contribution in [1.82, 2.24) is 10.2 Å². The lowest BCUT2D eigenvalue weighted by Crippen LogP contribution is -1.93. The molecule has 0 unspecified atom stereocenters. The summed E-state index contributed by atoms with van der Waals surface area (Å²) in [6, 6.07) is 11.0. The number of hydrogen-bond acceptors (Lipinski definition) is 3. The number of hydrogen-bond donors (Lipinski definition) is 0. The van der Waals surface area contributed by atoms with E-state index in [0.29, 0.717) is 32.2 Å². The van der Waals surface area contributed by atoms with Crippen molar-refractivity contribution in [2.24, 2.45) is 0 Å². The standard InChI is InChI=1S/C15H9Cl3N2O/c1-21-13-7-11(16)10(6-12(13)17)14-8-4-2-3-5-9(8)15(18)20-19-14/h2-7H,1H3. The van der Waals surface area contributed by atoms with E-state index in [0.717, 1.165) is 10.8 Å². The van der Waals surface area contributed by atoms with Crippen LogP contribution in [-0.4, -0.2) is 17.3 Å². The normalized spacial score (nSPS) is 10.9. The van der Waals surface area contributed by atoms with Crippen molar-refractivity contribution in [1.29, 1.82) is 0 Å². The Hall–Kier alpha value is -1.55. The summed E-state index contributed by atoms with van der Waals surface area (Å²) in [6.07, 6.45) is 0. The van der Waals surface area contributed by atoms with Crippen molar-refractivity contribution in [3.63, 3.8) is 0 Å². The summed E-state index contributed by atoms with van der Waals surface area (Å²) in [7, 11) is 1.54. The molecule has 3 nitrogen and oxygen atoms in total. The molecule has 0 amide bonds. The number of rotatable bonds is 2. The molecule has 106 valence electrons. The summed E-state index contributed by atoms with van der Waals surface area (Å²) < 4.78 is 5.15. The summed E-state index contributed by atoms with van der Waals surface area (Å²) in [5, 5.41) is 11.1. The third-order valence-electron chi connectivity index (χ3n) is 3.14. The Morgan fingerprint density at radius 2 is 1.62 bits per heavy atom. The van der Waals surface area contributed by atoms with Crippen LogP contribution >= 0.6 is 34.8 Å². The van der Waals surface area contributed by atoms with Crippen molar-refractivity contribution < 1.29 is 4.74 Å². The number of fused-ring (bicyclic) bond motifs is 1. The lowest BCUT2D eigenvalue weighted by atomic mass is 10.0. The number of ether oxygens (including phenoxy) is 1. The first kappa shape index (κ1) is 14.4. The van der Waals surface area contributed by atoms with Gasteiger partial charge in [0.1, 0.15) is 11.4 Å². The number of methoxy groups -OCH3 is 1. The van der Waals surface area contributed by atoms with Crippen molar-refractivity contribution in [2.45, 2.75) is 0 Å². The fraction of sp³-hybridized carbons (Fsp3) is 0.0667. The smallest absolute Gasteiger partial charge is 0.159 e. The van der Waals surface area contributed by atoms with Crippen molar-refractivity contribution in [3.05, 3.63) is 51.6 Å². The van der Waals surface area contributed by atoms with Crippen molar-refractivity contribution in [2.75, 3.05) is 7.11 Å². The van der Waals surface area contributed by atoms with E-state index in [1.165, 1.54) is 7.11 Å². The quantitative estimate of drug-likeness (QED) is 0.638. The third-order valence-corrected chi connectivity index (χ3v) is 4.03. The molecule has 21 heavy (non-hydrogen) atoms. The molecule has 0 spiro atoms. The second kappa shape index (κ2) is 5.68. The van der Waals surface area contributed by atoms with Gasteiger partial charge in [-0.2, -0.15) is 0 Å². The van der Waals surface area contributed by atoms with E-state index in [-0.39, 0.29) is 0 Å². The van der Waals surface area contributed by atoms with Gasteiger partial charge < -0.3 is 4.74 Å². The molecule has 6 heteroatoms. The monoisotopic (exact) mass is 338 g/mol. The number of aromatic nitrogens is 2. The molecule has 0 atom stereocenters. The third kappa shape index (κ3) is 2.53. The highest BCUT2D eigenvalue weighted by molar-refractivity contribution is 6.37. The van der Waals surface area contributed by atoms with Gasteiger partial charge in [-0.3, -0.25) is 0 Å². The maximum Gasteiger partial charge on any atom is 0.159 e. The number of nitrogens with zero attached hydrogens (tertiary/aromatic N) is 2. The van der Waals surface area contributed by atoms with Gasteiger partial charge in [-0.05, 0) is 6.07 Å². The lowest BCUT2D eigenvalue weighted by Gasteiger charge is -2.10. The van der Waals surface area contributed by atoms with E-state index in [2.05, 4.69) is 10.2 Å². The van der Waals surface area contributed by atoms with Crippen LogP contribution in [0.3, 0.4) is 0 Å². The Morgan fingerprint density at radius 1 is 0.905 bits per heavy atom. The zero-order chi connectivity index (χ0) is 15.0. The van der Waals surface area contributed by atoms with Crippen LogP contribution in [0.1, 0.15) is 0 Å². The van der Waals surface area contributed by atoms with Gasteiger partial charge in [-0.1, -0.05) is 59.1 Å². The molecule has 3 rings (SSSR count). The minimum Gasteiger partial charge on any atom is -0.495 e. The highest BCUT2D eigenvalue weighted by atomic mass is 35.5. The van der Waals surface area contributed by atoms with Gasteiger partial charge in [-0.25, -0.2) is 0 Å². The van der Waals surface area contributed by atoms with Crippen LogP contribution in [0, 0.1) is 0 Å². The highest BCUT2D eigenvalue weighted by Gasteiger charge is 2.15.